The van der Waals surface area contributed by atoms with Gasteiger partial charge in [-0.15, -0.1) is 0 Å². The average Bonchev–Trinajstić information content (AvgIpc) is 3.07. The molecule has 1 aromatic heterocycles. The van der Waals surface area contributed by atoms with E-state index in [0.717, 1.165) is 31.9 Å². The number of hydrogen-bond donors (Lipinski definition) is 0. The molecule has 6 heteroatoms. The summed E-state index contributed by atoms with van der Waals surface area (Å²) in [6.45, 7) is 2.76. The Labute approximate surface area is 139 Å². The van der Waals surface area contributed by atoms with E-state index in [2.05, 4.69) is 11.8 Å². The van der Waals surface area contributed by atoms with E-state index in [9.17, 15) is 8.78 Å². The van der Waals surface area contributed by atoms with Crippen molar-refractivity contribution in [2.75, 3.05) is 26.3 Å². The van der Waals surface area contributed by atoms with Gasteiger partial charge >= 0.3 is 6.55 Å². The molecule has 3 rings (SSSR count). The second kappa shape index (κ2) is 7.12. The molecule has 0 bridgehead atoms. The number of nitrogens with zero attached hydrogens (tertiary/aromatic N) is 3. The highest BCUT2D eigenvalue weighted by atomic mass is 19.3. The third kappa shape index (κ3) is 3.32. The van der Waals surface area contributed by atoms with Gasteiger partial charge in [0.2, 0.25) is 0 Å². The van der Waals surface area contributed by atoms with E-state index < -0.39 is 6.55 Å². The molecule has 0 N–H and O–H groups in total. The summed E-state index contributed by atoms with van der Waals surface area (Å²) in [6, 6.07) is 11.4. The molecule has 0 spiro atoms. The molecule has 0 unspecified atom stereocenters. The predicted octanol–water partition coefficient (Wildman–Crippen LogP) is 3.82. The van der Waals surface area contributed by atoms with E-state index in [1.807, 2.05) is 24.3 Å². The molecule has 24 heavy (non-hydrogen) atoms. The van der Waals surface area contributed by atoms with Gasteiger partial charge in [-0.1, -0.05) is 24.3 Å². The van der Waals surface area contributed by atoms with Crippen molar-refractivity contribution in [1.82, 2.24) is 9.47 Å². The van der Waals surface area contributed by atoms with Crippen LogP contribution in [0, 0.1) is 11.3 Å². The van der Waals surface area contributed by atoms with Crippen molar-refractivity contribution in [2.24, 2.45) is 0 Å². The Bertz CT molecular complexity index is 728. The molecule has 1 atom stereocenters. The van der Waals surface area contributed by atoms with Crippen molar-refractivity contribution in [1.29, 1.82) is 5.26 Å². The minimum Gasteiger partial charge on any atom is -0.379 e. The van der Waals surface area contributed by atoms with Crippen molar-refractivity contribution in [3.05, 3.63) is 47.8 Å². The number of rotatable bonds is 4. The summed E-state index contributed by atoms with van der Waals surface area (Å²) in [6.07, 6.45) is 1.32. The Hall–Kier alpha value is -2.23. The van der Waals surface area contributed by atoms with Crippen LogP contribution < -0.4 is 0 Å². The lowest BCUT2D eigenvalue weighted by Gasteiger charge is -2.32. The minimum absolute atomic E-state index is 0.0363. The maximum Gasteiger partial charge on any atom is 0.319 e. The Kier molecular flexibility index (Phi) is 4.93. The SMILES string of the molecule is C[C@@H](c1ccc(-c2cc(C#N)n(C(F)F)c2)cc1)N1CCOCC1. The fourth-order valence-corrected chi connectivity index (χ4v) is 3.02. The normalized spacial score (nSPS) is 17.0. The summed E-state index contributed by atoms with van der Waals surface area (Å²) < 4.78 is 31.9. The van der Waals surface area contributed by atoms with Crippen molar-refractivity contribution >= 4 is 0 Å². The summed E-state index contributed by atoms with van der Waals surface area (Å²) in [5.74, 6) is 0. The second-order valence-electron chi connectivity index (χ2n) is 5.86. The average molecular weight is 331 g/mol. The third-order valence-electron chi connectivity index (χ3n) is 4.49. The van der Waals surface area contributed by atoms with Crippen LogP contribution >= 0.6 is 0 Å². The highest BCUT2D eigenvalue weighted by Gasteiger charge is 2.19. The van der Waals surface area contributed by atoms with E-state index in [1.165, 1.54) is 17.8 Å². The molecule has 126 valence electrons. The number of alkyl halides is 2. The fourth-order valence-electron chi connectivity index (χ4n) is 3.02. The Morgan fingerprint density at radius 1 is 1.12 bits per heavy atom. The smallest absolute Gasteiger partial charge is 0.319 e. The van der Waals surface area contributed by atoms with E-state index >= 15 is 0 Å². The second-order valence-corrected chi connectivity index (χ2v) is 5.86. The molecular formula is C18H19F2N3O. The van der Waals surface area contributed by atoms with Gasteiger partial charge in [-0.25, -0.2) is 0 Å². The number of halogens is 2. The van der Waals surface area contributed by atoms with Gasteiger partial charge < -0.3 is 4.74 Å². The van der Waals surface area contributed by atoms with Crippen molar-refractivity contribution in [3.63, 3.8) is 0 Å². The molecule has 2 aromatic rings. The zero-order valence-electron chi connectivity index (χ0n) is 13.5. The number of nitriles is 1. The van der Waals surface area contributed by atoms with Crippen LogP contribution in [-0.2, 0) is 4.74 Å². The number of ether oxygens (including phenoxy) is 1. The van der Waals surface area contributed by atoms with E-state index in [1.54, 1.807) is 6.07 Å². The summed E-state index contributed by atoms with van der Waals surface area (Å²) in [4.78, 5) is 2.36. The zero-order chi connectivity index (χ0) is 17.1. The predicted molar refractivity (Wildman–Crippen MR) is 86.6 cm³/mol. The number of aromatic nitrogens is 1. The van der Waals surface area contributed by atoms with Gasteiger partial charge in [0, 0.05) is 30.9 Å². The minimum atomic E-state index is -2.71. The topological polar surface area (TPSA) is 41.2 Å². The standard InChI is InChI=1S/C18H19F2N3O/c1-13(22-6-8-24-9-7-22)14-2-4-15(5-3-14)16-10-17(11-21)23(12-16)18(19)20/h2-5,10,12-13,18H,6-9H2,1H3/t13-/m0/s1. The maximum absolute atomic E-state index is 12.9. The van der Waals surface area contributed by atoms with Crippen LogP contribution in [0.4, 0.5) is 8.78 Å². The Morgan fingerprint density at radius 3 is 2.33 bits per heavy atom. The van der Waals surface area contributed by atoms with E-state index in [-0.39, 0.29) is 11.7 Å². The fraction of sp³-hybridized carbons (Fsp3) is 0.389. The maximum atomic E-state index is 12.9. The molecule has 0 radical (unpaired) electrons. The zero-order valence-corrected chi connectivity index (χ0v) is 13.5. The molecule has 0 saturated carbocycles. The molecule has 4 nitrogen and oxygen atoms in total. The summed E-state index contributed by atoms with van der Waals surface area (Å²) in [7, 11) is 0. The first-order valence-corrected chi connectivity index (χ1v) is 7.92. The molecular weight excluding hydrogens is 312 g/mol. The molecule has 0 aliphatic carbocycles. The lowest BCUT2D eigenvalue weighted by atomic mass is 10.0. The monoisotopic (exact) mass is 331 g/mol. The quantitative estimate of drug-likeness (QED) is 0.855. The van der Waals surface area contributed by atoms with Crippen molar-refractivity contribution in [3.8, 4) is 17.2 Å². The molecule has 1 aromatic carbocycles. The molecule has 1 aliphatic heterocycles. The summed E-state index contributed by atoms with van der Waals surface area (Å²) in [5, 5.41) is 8.97. The lowest BCUT2D eigenvalue weighted by Crippen LogP contribution is -2.37. The molecule has 1 fully saturated rings. The van der Waals surface area contributed by atoms with Crippen LogP contribution in [0.2, 0.25) is 0 Å². The first kappa shape index (κ1) is 16.6. The van der Waals surface area contributed by atoms with Crippen molar-refractivity contribution in [2.45, 2.75) is 19.5 Å². The highest BCUT2D eigenvalue weighted by molar-refractivity contribution is 5.65. The number of benzene rings is 1. The Balaban J connectivity index is 1.80. The molecule has 1 aliphatic rings. The van der Waals surface area contributed by atoms with Gasteiger partial charge in [-0.2, -0.15) is 14.0 Å². The number of morpholine rings is 1. The van der Waals surface area contributed by atoms with Gasteiger partial charge in [0.15, 0.2) is 0 Å². The van der Waals surface area contributed by atoms with Crippen LogP contribution in [0.3, 0.4) is 0 Å². The molecule has 0 amide bonds. The van der Waals surface area contributed by atoms with Crippen molar-refractivity contribution < 1.29 is 13.5 Å². The van der Waals surface area contributed by atoms with E-state index in [0.29, 0.717) is 10.1 Å². The van der Waals surface area contributed by atoms with Gasteiger partial charge in [-0.05, 0) is 24.1 Å². The lowest BCUT2D eigenvalue weighted by molar-refractivity contribution is 0.0198. The van der Waals surface area contributed by atoms with Gasteiger partial charge in [0.1, 0.15) is 11.8 Å². The largest absolute Gasteiger partial charge is 0.379 e. The van der Waals surface area contributed by atoms with E-state index in [4.69, 9.17) is 10.00 Å². The van der Waals surface area contributed by atoms with Gasteiger partial charge in [0.05, 0.1) is 13.2 Å². The Morgan fingerprint density at radius 2 is 1.79 bits per heavy atom. The number of hydrogen-bond acceptors (Lipinski definition) is 3. The van der Waals surface area contributed by atoms with Crippen LogP contribution in [0.1, 0.15) is 30.8 Å². The van der Waals surface area contributed by atoms with Gasteiger partial charge in [-0.3, -0.25) is 9.47 Å². The van der Waals surface area contributed by atoms with Crippen LogP contribution in [0.25, 0.3) is 11.1 Å². The van der Waals surface area contributed by atoms with Gasteiger partial charge in [0.25, 0.3) is 0 Å². The summed E-state index contributed by atoms with van der Waals surface area (Å²) >= 11 is 0. The van der Waals surface area contributed by atoms with Crippen LogP contribution in [0.5, 0.6) is 0 Å². The van der Waals surface area contributed by atoms with Crippen LogP contribution in [-0.4, -0.2) is 35.8 Å². The third-order valence-corrected chi connectivity index (χ3v) is 4.49. The first-order valence-electron chi connectivity index (χ1n) is 7.92. The first-order chi connectivity index (χ1) is 11.6. The molecule has 2 heterocycles. The van der Waals surface area contributed by atoms with Crippen LogP contribution in [0.15, 0.2) is 36.5 Å². The summed E-state index contributed by atoms with van der Waals surface area (Å²) in [5.41, 5.74) is 2.58. The molecule has 1 saturated heterocycles. The highest BCUT2D eigenvalue weighted by Crippen LogP contribution is 2.28.